The van der Waals surface area contributed by atoms with Gasteiger partial charge in [0.2, 0.25) is 0 Å². The molecular weight excluding hydrogens is 281 g/mol. The summed E-state index contributed by atoms with van der Waals surface area (Å²) in [6.07, 6.45) is 3.60. The molecule has 0 radical (unpaired) electrons. The van der Waals surface area contributed by atoms with Gasteiger partial charge < -0.3 is 4.90 Å². The average molecular weight is 305 g/mol. The highest BCUT2D eigenvalue weighted by Crippen LogP contribution is 2.41. The van der Waals surface area contributed by atoms with Gasteiger partial charge in [0.15, 0.2) is 0 Å². The summed E-state index contributed by atoms with van der Waals surface area (Å²) in [6, 6.07) is 4.31. The summed E-state index contributed by atoms with van der Waals surface area (Å²) in [6.45, 7) is 8.10. The van der Waals surface area contributed by atoms with Crippen molar-refractivity contribution in [2.75, 3.05) is 4.90 Å². The topological polar surface area (TPSA) is 58.4 Å². The van der Waals surface area contributed by atoms with Gasteiger partial charge in [-0.15, -0.1) is 0 Å². The molecule has 0 aromatic heterocycles. The van der Waals surface area contributed by atoms with Crippen LogP contribution in [0.15, 0.2) is 24.3 Å². The minimum atomic E-state index is -0.390. The number of nitrogens with two attached hydrogens (primary N) is 1. The zero-order valence-electron chi connectivity index (χ0n) is 13.6. The maximum Gasteiger partial charge on any atom is 0.256 e. The lowest BCUT2D eigenvalue weighted by Crippen LogP contribution is -2.57. The Morgan fingerprint density at radius 2 is 2.14 bits per heavy atom. The molecule has 1 atom stereocenters. The molecule has 0 aliphatic carbocycles. The molecule has 4 nitrogen and oxygen atoms in total. The predicted octanol–water partition coefficient (Wildman–Crippen LogP) is 2.99. The van der Waals surface area contributed by atoms with Gasteiger partial charge in [-0.3, -0.25) is 10.2 Å². The SMILES string of the molecule is CCCC(C(=O)NN)N1c2ccc(F)cc2C(C)=CC1(C)C. The molecule has 5 heteroatoms. The Morgan fingerprint density at radius 1 is 1.45 bits per heavy atom. The van der Waals surface area contributed by atoms with Gasteiger partial charge in [-0.25, -0.2) is 10.2 Å². The van der Waals surface area contributed by atoms with Crippen LogP contribution in [0.25, 0.3) is 5.57 Å². The van der Waals surface area contributed by atoms with Crippen molar-refractivity contribution in [3.8, 4) is 0 Å². The third-order valence-electron chi connectivity index (χ3n) is 4.15. The molecule has 0 fully saturated rings. The minimum Gasteiger partial charge on any atom is -0.350 e. The summed E-state index contributed by atoms with van der Waals surface area (Å²) in [5, 5.41) is 0. The minimum absolute atomic E-state index is 0.224. The Balaban J connectivity index is 2.60. The number of benzene rings is 1. The Bertz CT molecular complexity index is 610. The van der Waals surface area contributed by atoms with Gasteiger partial charge in [-0.2, -0.15) is 0 Å². The van der Waals surface area contributed by atoms with E-state index >= 15 is 0 Å². The van der Waals surface area contributed by atoms with Crippen LogP contribution >= 0.6 is 0 Å². The molecule has 0 saturated heterocycles. The quantitative estimate of drug-likeness (QED) is 0.511. The van der Waals surface area contributed by atoms with E-state index in [0.717, 1.165) is 23.2 Å². The molecule has 2 rings (SSSR count). The zero-order valence-corrected chi connectivity index (χ0v) is 13.6. The highest BCUT2D eigenvalue weighted by molar-refractivity contribution is 5.89. The van der Waals surface area contributed by atoms with Crippen LogP contribution in [-0.4, -0.2) is 17.5 Å². The van der Waals surface area contributed by atoms with E-state index in [1.54, 1.807) is 6.07 Å². The number of nitrogens with zero attached hydrogens (tertiary/aromatic N) is 1. The van der Waals surface area contributed by atoms with Gasteiger partial charge in [0.1, 0.15) is 11.9 Å². The highest BCUT2D eigenvalue weighted by atomic mass is 19.1. The molecule has 0 bridgehead atoms. The molecule has 1 aliphatic heterocycles. The number of anilines is 1. The van der Waals surface area contributed by atoms with E-state index in [-0.39, 0.29) is 17.3 Å². The van der Waals surface area contributed by atoms with E-state index in [9.17, 15) is 9.18 Å². The van der Waals surface area contributed by atoms with Gasteiger partial charge in [0.25, 0.3) is 5.91 Å². The molecule has 1 aromatic carbocycles. The lowest BCUT2D eigenvalue weighted by atomic mass is 9.86. The molecule has 22 heavy (non-hydrogen) atoms. The maximum atomic E-state index is 13.6. The molecule has 3 N–H and O–H groups in total. The highest BCUT2D eigenvalue weighted by Gasteiger charge is 2.38. The third kappa shape index (κ3) is 2.86. The van der Waals surface area contributed by atoms with Crippen molar-refractivity contribution >= 4 is 17.2 Å². The van der Waals surface area contributed by atoms with Crippen molar-refractivity contribution in [1.82, 2.24) is 5.43 Å². The Hall–Kier alpha value is -1.88. The fourth-order valence-electron chi connectivity index (χ4n) is 3.34. The number of hydrogen-bond donors (Lipinski definition) is 2. The van der Waals surface area contributed by atoms with E-state index in [0.29, 0.717) is 6.42 Å². The van der Waals surface area contributed by atoms with Gasteiger partial charge in [-0.05, 0) is 51.0 Å². The molecule has 0 saturated carbocycles. The number of amides is 1. The first-order chi connectivity index (χ1) is 10.3. The number of fused-ring (bicyclic) bond motifs is 1. The van der Waals surface area contributed by atoms with Crippen LogP contribution in [0, 0.1) is 5.82 Å². The number of carbonyl (C=O) groups is 1. The zero-order chi connectivity index (χ0) is 16.5. The first-order valence-electron chi connectivity index (χ1n) is 7.61. The molecule has 1 unspecified atom stereocenters. The van der Waals surface area contributed by atoms with Gasteiger partial charge >= 0.3 is 0 Å². The largest absolute Gasteiger partial charge is 0.350 e. The fraction of sp³-hybridized carbons (Fsp3) is 0.471. The summed E-state index contributed by atoms with van der Waals surface area (Å²) < 4.78 is 13.6. The first kappa shape index (κ1) is 16.5. The Morgan fingerprint density at radius 3 is 2.73 bits per heavy atom. The Kier molecular flexibility index (Phi) is 4.56. The standard InChI is InChI=1S/C17H24FN3O/c1-5-6-15(16(22)20-19)21-14-8-7-12(18)9-13(14)11(2)10-17(21,3)4/h7-10,15H,5-6,19H2,1-4H3,(H,20,22). The molecular formula is C17H24FN3O. The van der Waals surface area contributed by atoms with Crippen molar-refractivity contribution in [3.05, 3.63) is 35.7 Å². The predicted molar refractivity (Wildman–Crippen MR) is 87.6 cm³/mol. The summed E-state index contributed by atoms with van der Waals surface area (Å²) >= 11 is 0. The third-order valence-corrected chi connectivity index (χ3v) is 4.15. The van der Waals surface area contributed by atoms with E-state index in [1.165, 1.54) is 12.1 Å². The number of halogens is 1. The van der Waals surface area contributed by atoms with Crippen LogP contribution in [0.5, 0.6) is 0 Å². The van der Waals surface area contributed by atoms with Gasteiger partial charge in [0, 0.05) is 11.3 Å². The Labute approximate surface area is 131 Å². The van der Waals surface area contributed by atoms with E-state index in [1.807, 2.05) is 18.7 Å². The number of nitrogens with one attached hydrogen (secondary N) is 1. The summed E-state index contributed by atoms with van der Waals surface area (Å²) in [5.74, 6) is 4.87. The second kappa shape index (κ2) is 6.08. The first-order valence-corrected chi connectivity index (χ1v) is 7.61. The summed E-state index contributed by atoms with van der Waals surface area (Å²) in [5.41, 5.74) is 4.61. The van der Waals surface area contributed by atoms with Crippen LogP contribution < -0.4 is 16.2 Å². The van der Waals surface area contributed by atoms with Crippen LogP contribution in [0.4, 0.5) is 10.1 Å². The molecule has 1 aliphatic rings. The summed E-state index contributed by atoms with van der Waals surface area (Å²) in [7, 11) is 0. The van der Waals surface area contributed by atoms with Crippen molar-refractivity contribution in [2.45, 2.75) is 52.1 Å². The van der Waals surface area contributed by atoms with E-state index in [4.69, 9.17) is 5.84 Å². The van der Waals surface area contributed by atoms with Crippen molar-refractivity contribution < 1.29 is 9.18 Å². The number of hydrogen-bond acceptors (Lipinski definition) is 3. The lowest BCUT2D eigenvalue weighted by Gasteiger charge is -2.47. The number of allylic oxidation sites excluding steroid dienone is 1. The van der Waals surface area contributed by atoms with Gasteiger partial charge in [0.05, 0.1) is 5.54 Å². The van der Waals surface area contributed by atoms with Crippen molar-refractivity contribution in [3.63, 3.8) is 0 Å². The molecule has 1 heterocycles. The van der Waals surface area contributed by atoms with Crippen LogP contribution in [0.2, 0.25) is 0 Å². The number of rotatable bonds is 4. The maximum absolute atomic E-state index is 13.6. The molecule has 1 aromatic rings. The van der Waals surface area contributed by atoms with Crippen LogP contribution in [0.3, 0.4) is 0 Å². The lowest BCUT2D eigenvalue weighted by molar-refractivity contribution is -0.122. The molecule has 1 amide bonds. The average Bonchev–Trinajstić information content (AvgIpc) is 2.45. The smallest absolute Gasteiger partial charge is 0.256 e. The second-order valence-electron chi connectivity index (χ2n) is 6.33. The van der Waals surface area contributed by atoms with Gasteiger partial charge in [-0.1, -0.05) is 19.4 Å². The van der Waals surface area contributed by atoms with E-state index < -0.39 is 6.04 Å². The monoisotopic (exact) mass is 305 g/mol. The molecule has 0 spiro atoms. The van der Waals surface area contributed by atoms with Crippen LogP contribution in [0.1, 0.15) is 46.1 Å². The van der Waals surface area contributed by atoms with Crippen LogP contribution in [-0.2, 0) is 4.79 Å². The van der Waals surface area contributed by atoms with Crippen molar-refractivity contribution in [2.24, 2.45) is 5.84 Å². The summed E-state index contributed by atoms with van der Waals surface area (Å²) in [4.78, 5) is 14.3. The number of hydrazine groups is 1. The number of carbonyl (C=O) groups excluding carboxylic acids is 1. The molecule has 120 valence electrons. The fourth-order valence-corrected chi connectivity index (χ4v) is 3.34. The van der Waals surface area contributed by atoms with E-state index in [2.05, 4.69) is 25.3 Å². The van der Waals surface area contributed by atoms with Crippen molar-refractivity contribution in [1.29, 1.82) is 0 Å². The normalized spacial score (nSPS) is 17.5. The second-order valence-corrected chi connectivity index (χ2v) is 6.33.